The van der Waals surface area contributed by atoms with Crippen LogP contribution in [-0.4, -0.2) is 23.6 Å². The first-order valence-electron chi connectivity index (χ1n) is 7.82. The van der Waals surface area contributed by atoms with Gasteiger partial charge in [-0.15, -0.1) is 0 Å². The molecule has 0 saturated carbocycles. The summed E-state index contributed by atoms with van der Waals surface area (Å²) >= 11 is 0. The van der Waals surface area contributed by atoms with Crippen molar-refractivity contribution in [3.63, 3.8) is 0 Å². The average Bonchev–Trinajstić information content (AvgIpc) is 2.57. The first-order valence-corrected chi connectivity index (χ1v) is 7.82. The summed E-state index contributed by atoms with van der Waals surface area (Å²) in [6, 6.07) is 14.7. The Morgan fingerprint density at radius 1 is 1.12 bits per heavy atom. The number of aromatic carboxylic acids is 1. The van der Waals surface area contributed by atoms with Crippen LogP contribution in [0.2, 0.25) is 0 Å². The summed E-state index contributed by atoms with van der Waals surface area (Å²) < 4.78 is 5.53. The first-order chi connectivity index (χ1) is 11.6. The molecule has 126 valence electrons. The molecule has 2 aromatic rings. The van der Waals surface area contributed by atoms with E-state index in [9.17, 15) is 9.59 Å². The largest absolute Gasteiger partial charge is 0.478 e. The Bertz CT molecular complexity index is 698. The number of hydrogen-bond donors (Lipinski definition) is 2. The Labute approximate surface area is 141 Å². The van der Waals surface area contributed by atoms with Crippen LogP contribution in [0.25, 0.3) is 0 Å². The van der Waals surface area contributed by atoms with Crippen LogP contribution in [0.5, 0.6) is 0 Å². The summed E-state index contributed by atoms with van der Waals surface area (Å²) in [5.41, 5.74) is 2.45. The molecule has 0 fully saturated rings. The molecule has 0 aromatic heterocycles. The number of carbonyl (C=O) groups is 2. The molecular formula is C19H21NO4. The molecule has 0 radical (unpaired) electrons. The number of ether oxygens (including phenoxy) is 1. The van der Waals surface area contributed by atoms with Crippen molar-refractivity contribution in [2.24, 2.45) is 0 Å². The number of benzene rings is 2. The highest BCUT2D eigenvalue weighted by atomic mass is 16.5. The number of carboxylic acid groups (broad SMARTS) is 1. The van der Waals surface area contributed by atoms with Crippen molar-refractivity contribution in [1.82, 2.24) is 0 Å². The second kappa shape index (κ2) is 8.84. The zero-order chi connectivity index (χ0) is 17.4. The summed E-state index contributed by atoms with van der Waals surface area (Å²) in [5, 5.41) is 11.8. The van der Waals surface area contributed by atoms with Crippen molar-refractivity contribution < 1.29 is 19.4 Å². The van der Waals surface area contributed by atoms with Gasteiger partial charge in [0, 0.05) is 18.7 Å². The minimum Gasteiger partial charge on any atom is -0.478 e. The van der Waals surface area contributed by atoms with Gasteiger partial charge in [0.2, 0.25) is 5.91 Å². The quantitative estimate of drug-likeness (QED) is 0.726. The SMILES string of the molecule is Cc1ccc(NC(=O)CCCOCc2ccccc2)cc1C(=O)O. The van der Waals surface area contributed by atoms with Crippen LogP contribution in [0.1, 0.15) is 34.3 Å². The molecule has 0 bridgehead atoms. The molecule has 0 aliphatic carbocycles. The van der Waals surface area contributed by atoms with Gasteiger partial charge in [-0.3, -0.25) is 4.79 Å². The van der Waals surface area contributed by atoms with E-state index in [0.29, 0.717) is 37.3 Å². The molecular weight excluding hydrogens is 306 g/mol. The minimum atomic E-state index is -1.00. The molecule has 0 aliphatic rings. The van der Waals surface area contributed by atoms with E-state index in [4.69, 9.17) is 9.84 Å². The number of carboxylic acids is 1. The van der Waals surface area contributed by atoms with E-state index in [1.807, 2.05) is 30.3 Å². The van der Waals surface area contributed by atoms with Gasteiger partial charge >= 0.3 is 5.97 Å². The van der Waals surface area contributed by atoms with Crippen LogP contribution in [-0.2, 0) is 16.1 Å². The molecule has 0 spiro atoms. The van der Waals surface area contributed by atoms with Crippen molar-refractivity contribution >= 4 is 17.6 Å². The van der Waals surface area contributed by atoms with Gasteiger partial charge in [0.15, 0.2) is 0 Å². The highest BCUT2D eigenvalue weighted by Gasteiger charge is 2.09. The van der Waals surface area contributed by atoms with E-state index in [0.717, 1.165) is 5.56 Å². The lowest BCUT2D eigenvalue weighted by Crippen LogP contribution is -2.13. The molecule has 0 unspecified atom stereocenters. The third-order valence-corrected chi connectivity index (χ3v) is 3.56. The van der Waals surface area contributed by atoms with E-state index in [2.05, 4.69) is 5.32 Å². The molecule has 24 heavy (non-hydrogen) atoms. The molecule has 0 atom stereocenters. The second-order valence-corrected chi connectivity index (χ2v) is 5.52. The van der Waals surface area contributed by atoms with Crippen molar-refractivity contribution in [2.45, 2.75) is 26.4 Å². The number of amides is 1. The minimum absolute atomic E-state index is 0.154. The van der Waals surface area contributed by atoms with Crippen molar-refractivity contribution in [3.8, 4) is 0 Å². The molecule has 2 aromatic carbocycles. The van der Waals surface area contributed by atoms with Crippen LogP contribution in [0.15, 0.2) is 48.5 Å². The third-order valence-electron chi connectivity index (χ3n) is 3.56. The number of nitrogens with one attached hydrogen (secondary N) is 1. The number of hydrogen-bond acceptors (Lipinski definition) is 3. The maximum absolute atomic E-state index is 11.9. The molecule has 2 rings (SSSR count). The Kier molecular flexibility index (Phi) is 6.51. The summed E-state index contributed by atoms with van der Waals surface area (Å²) in [7, 11) is 0. The Morgan fingerprint density at radius 2 is 1.88 bits per heavy atom. The van der Waals surface area contributed by atoms with E-state index >= 15 is 0 Å². The predicted octanol–water partition coefficient (Wildman–Crippen LogP) is 3.63. The molecule has 2 N–H and O–H groups in total. The van der Waals surface area contributed by atoms with Gasteiger partial charge in [-0.25, -0.2) is 4.79 Å². The zero-order valence-electron chi connectivity index (χ0n) is 13.6. The number of aryl methyl sites for hydroxylation is 1. The Balaban J connectivity index is 1.72. The summed E-state index contributed by atoms with van der Waals surface area (Å²) in [6.07, 6.45) is 0.932. The van der Waals surface area contributed by atoms with Crippen molar-refractivity contribution in [3.05, 3.63) is 65.2 Å². The van der Waals surface area contributed by atoms with Gasteiger partial charge in [-0.1, -0.05) is 36.4 Å². The molecule has 0 heterocycles. The Morgan fingerprint density at radius 3 is 2.58 bits per heavy atom. The average molecular weight is 327 g/mol. The lowest BCUT2D eigenvalue weighted by molar-refractivity contribution is -0.116. The van der Waals surface area contributed by atoms with Crippen molar-refractivity contribution in [2.75, 3.05) is 11.9 Å². The zero-order valence-corrected chi connectivity index (χ0v) is 13.6. The van der Waals surface area contributed by atoms with Gasteiger partial charge in [-0.05, 0) is 36.6 Å². The summed E-state index contributed by atoms with van der Waals surface area (Å²) in [5.74, 6) is -1.16. The van der Waals surface area contributed by atoms with Gasteiger partial charge in [0.1, 0.15) is 0 Å². The van der Waals surface area contributed by atoms with Crippen LogP contribution >= 0.6 is 0 Å². The van der Waals surface area contributed by atoms with Gasteiger partial charge < -0.3 is 15.2 Å². The molecule has 1 amide bonds. The van der Waals surface area contributed by atoms with E-state index in [1.54, 1.807) is 19.1 Å². The fourth-order valence-electron chi connectivity index (χ4n) is 2.25. The summed E-state index contributed by atoms with van der Waals surface area (Å²) in [6.45, 7) is 2.75. The van der Waals surface area contributed by atoms with Gasteiger partial charge in [-0.2, -0.15) is 0 Å². The molecule has 5 heteroatoms. The number of anilines is 1. The number of rotatable bonds is 8. The van der Waals surface area contributed by atoms with Crippen LogP contribution in [0.4, 0.5) is 5.69 Å². The van der Waals surface area contributed by atoms with E-state index in [1.165, 1.54) is 6.07 Å². The normalized spacial score (nSPS) is 10.4. The maximum Gasteiger partial charge on any atom is 0.336 e. The highest BCUT2D eigenvalue weighted by molar-refractivity contribution is 5.94. The topological polar surface area (TPSA) is 75.6 Å². The number of carbonyl (C=O) groups excluding carboxylic acids is 1. The van der Waals surface area contributed by atoms with Crippen molar-refractivity contribution in [1.29, 1.82) is 0 Å². The lowest BCUT2D eigenvalue weighted by atomic mass is 10.1. The molecule has 0 saturated heterocycles. The maximum atomic E-state index is 11.9. The molecule has 5 nitrogen and oxygen atoms in total. The van der Waals surface area contributed by atoms with E-state index in [-0.39, 0.29) is 11.5 Å². The third kappa shape index (κ3) is 5.52. The van der Waals surface area contributed by atoms with Crippen LogP contribution < -0.4 is 5.32 Å². The van der Waals surface area contributed by atoms with Crippen LogP contribution in [0.3, 0.4) is 0 Å². The second-order valence-electron chi connectivity index (χ2n) is 5.52. The fraction of sp³-hybridized carbons (Fsp3) is 0.263. The molecule has 0 aliphatic heterocycles. The van der Waals surface area contributed by atoms with Gasteiger partial charge in [0.05, 0.1) is 12.2 Å². The van der Waals surface area contributed by atoms with Crippen LogP contribution in [0, 0.1) is 6.92 Å². The fourth-order valence-corrected chi connectivity index (χ4v) is 2.25. The van der Waals surface area contributed by atoms with E-state index < -0.39 is 5.97 Å². The smallest absolute Gasteiger partial charge is 0.336 e. The van der Waals surface area contributed by atoms with Gasteiger partial charge in [0.25, 0.3) is 0 Å². The predicted molar refractivity (Wildman–Crippen MR) is 92.1 cm³/mol. The highest BCUT2D eigenvalue weighted by Crippen LogP contribution is 2.15. The summed E-state index contributed by atoms with van der Waals surface area (Å²) in [4.78, 5) is 23.0. The lowest BCUT2D eigenvalue weighted by Gasteiger charge is -2.08. The first kappa shape index (κ1) is 17.7. The standard InChI is InChI=1S/C19H21NO4/c1-14-9-10-16(12-17(14)19(22)23)20-18(21)8-5-11-24-13-15-6-3-2-4-7-15/h2-4,6-7,9-10,12H,5,8,11,13H2,1H3,(H,20,21)(H,22,23). The monoisotopic (exact) mass is 327 g/mol. The Hall–Kier alpha value is -2.66.